The number of benzene rings is 1. The van der Waals surface area contributed by atoms with E-state index in [9.17, 15) is 13.6 Å². The maximum atomic E-state index is 14.1. The Morgan fingerprint density at radius 1 is 1.31 bits per heavy atom. The Morgan fingerprint density at radius 2 is 2.09 bits per heavy atom. The van der Waals surface area contributed by atoms with Gasteiger partial charge in [-0.1, -0.05) is 17.4 Å². The van der Waals surface area contributed by atoms with E-state index in [2.05, 4.69) is 26.0 Å². The Morgan fingerprint density at radius 3 is 2.88 bits per heavy atom. The minimum absolute atomic E-state index is 0.00904. The van der Waals surface area contributed by atoms with Crippen LogP contribution in [0.25, 0.3) is 10.6 Å². The van der Waals surface area contributed by atoms with Crippen molar-refractivity contribution >= 4 is 33.8 Å². The van der Waals surface area contributed by atoms with Crippen molar-refractivity contribution in [2.45, 2.75) is 19.3 Å². The predicted octanol–water partition coefficient (Wildman–Crippen LogP) is 3.46. The van der Waals surface area contributed by atoms with E-state index in [4.69, 9.17) is 5.73 Å². The molecule has 1 aliphatic rings. The molecule has 1 amide bonds. The summed E-state index contributed by atoms with van der Waals surface area (Å²) in [7, 11) is 1.78. The van der Waals surface area contributed by atoms with Gasteiger partial charge in [0.15, 0.2) is 5.69 Å². The second-order valence-electron chi connectivity index (χ2n) is 7.74. The van der Waals surface area contributed by atoms with E-state index >= 15 is 0 Å². The van der Waals surface area contributed by atoms with Crippen molar-refractivity contribution in [1.29, 1.82) is 0 Å². The molecule has 0 saturated carbocycles. The number of anilines is 3. The Balaban J connectivity index is 1.50. The number of rotatable bonds is 6. The maximum absolute atomic E-state index is 14.1. The second kappa shape index (κ2) is 9.61. The lowest BCUT2D eigenvalue weighted by atomic mass is 10.0. The van der Waals surface area contributed by atoms with Crippen LogP contribution in [0.4, 0.5) is 25.3 Å². The normalized spacial score (nSPS) is 16.5. The van der Waals surface area contributed by atoms with Crippen LogP contribution in [0.15, 0.2) is 24.4 Å². The number of carbonyl (C=O) groups excluding carboxylic acids is 1. The topological polar surface area (TPSA) is 110 Å². The van der Waals surface area contributed by atoms with E-state index in [1.54, 1.807) is 11.7 Å². The molecule has 0 radical (unpaired) electrons. The quantitative estimate of drug-likeness (QED) is 0.448. The molecule has 4 rings (SSSR count). The Hall–Kier alpha value is -3.05. The number of aryl methyl sites for hydroxylation is 1. The lowest BCUT2D eigenvalue weighted by Gasteiger charge is -2.16. The minimum Gasteiger partial charge on any atom is -0.389 e. The van der Waals surface area contributed by atoms with Gasteiger partial charge in [-0.15, -0.1) is 0 Å². The molecule has 1 aliphatic heterocycles. The van der Waals surface area contributed by atoms with E-state index in [0.717, 1.165) is 62.4 Å². The summed E-state index contributed by atoms with van der Waals surface area (Å²) in [6, 6.07) is 3.53. The third kappa shape index (κ3) is 4.73. The second-order valence-corrected chi connectivity index (χ2v) is 8.77. The van der Waals surface area contributed by atoms with Crippen LogP contribution >= 0.6 is 11.3 Å². The van der Waals surface area contributed by atoms with Gasteiger partial charge in [0.05, 0.1) is 11.8 Å². The molecule has 32 heavy (non-hydrogen) atoms. The van der Waals surface area contributed by atoms with E-state index in [-0.39, 0.29) is 21.3 Å². The average Bonchev–Trinajstić information content (AvgIpc) is 3.17. The molecule has 5 N–H and O–H groups in total. The van der Waals surface area contributed by atoms with E-state index in [1.807, 2.05) is 0 Å². The fraction of sp³-hybridized carbons (Fsp3) is 0.381. The summed E-state index contributed by atoms with van der Waals surface area (Å²) in [5.74, 6) is -0.909. The Kier molecular flexibility index (Phi) is 6.66. The smallest absolute Gasteiger partial charge is 0.277 e. The Labute approximate surface area is 188 Å². The standard InChI is InChI=1S/C21H25F2N7OS/c1-30-19(26-10-12-4-3-8-25-9-7-12)15(11-27-30)28-20(31)17-18(24)32-21(29-17)16-13(22)5-2-6-14(16)23/h2,5-6,11-12,25-26H,3-4,7-10,24H2,1H3,(H,28,31). The first-order valence-electron chi connectivity index (χ1n) is 10.4. The number of halogens is 2. The van der Waals surface area contributed by atoms with Crippen LogP contribution in [0.2, 0.25) is 0 Å². The fourth-order valence-electron chi connectivity index (χ4n) is 3.76. The SMILES string of the molecule is Cn1ncc(NC(=O)c2nc(-c3c(F)cccc3F)sc2N)c1NCC1CCCNCC1. The van der Waals surface area contributed by atoms with Gasteiger partial charge in [-0.3, -0.25) is 9.48 Å². The molecule has 1 fully saturated rings. The first-order chi connectivity index (χ1) is 15.4. The molecule has 0 bridgehead atoms. The van der Waals surface area contributed by atoms with Crippen LogP contribution in [0.5, 0.6) is 0 Å². The van der Waals surface area contributed by atoms with Gasteiger partial charge in [0.1, 0.15) is 33.1 Å². The number of hydrogen-bond acceptors (Lipinski definition) is 7. The van der Waals surface area contributed by atoms with Crippen LogP contribution in [0.1, 0.15) is 29.8 Å². The average molecular weight is 462 g/mol. The van der Waals surface area contributed by atoms with E-state index in [0.29, 0.717) is 17.4 Å². The van der Waals surface area contributed by atoms with E-state index in [1.165, 1.54) is 12.3 Å². The van der Waals surface area contributed by atoms with Crippen molar-refractivity contribution in [3.05, 3.63) is 41.7 Å². The number of hydrogen-bond donors (Lipinski definition) is 4. The molecule has 1 saturated heterocycles. The lowest BCUT2D eigenvalue weighted by Crippen LogP contribution is -2.20. The van der Waals surface area contributed by atoms with Crippen LogP contribution in [-0.4, -0.2) is 40.3 Å². The minimum atomic E-state index is -0.766. The van der Waals surface area contributed by atoms with Gasteiger partial charge in [0.25, 0.3) is 5.91 Å². The molecular formula is C21H25F2N7OS. The highest BCUT2D eigenvalue weighted by Crippen LogP contribution is 2.34. The number of carbonyl (C=O) groups is 1. The summed E-state index contributed by atoms with van der Waals surface area (Å²) in [6.07, 6.45) is 4.88. The summed E-state index contributed by atoms with van der Waals surface area (Å²) in [4.78, 5) is 17.0. The molecular weight excluding hydrogens is 436 g/mol. The molecule has 3 heterocycles. The molecule has 0 spiro atoms. The van der Waals surface area contributed by atoms with Crippen molar-refractivity contribution in [2.24, 2.45) is 13.0 Å². The van der Waals surface area contributed by atoms with Gasteiger partial charge in [-0.25, -0.2) is 13.8 Å². The number of amides is 1. The highest BCUT2D eigenvalue weighted by Gasteiger charge is 2.23. The lowest BCUT2D eigenvalue weighted by molar-refractivity contribution is 0.102. The first kappa shape index (κ1) is 22.2. The van der Waals surface area contributed by atoms with Crippen molar-refractivity contribution in [3.63, 3.8) is 0 Å². The number of nitrogen functional groups attached to an aromatic ring is 1. The number of aromatic nitrogens is 3. The van der Waals surface area contributed by atoms with Crippen molar-refractivity contribution in [3.8, 4) is 10.6 Å². The number of thiazole rings is 1. The molecule has 170 valence electrons. The summed E-state index contributed by atoms with van der Waals surface area (Å²) in [5, 5.41) is 13.9. The highest BCUT2D eigenvalue weighted by molar-refractivity contribution is 7.19. The van der Waals surface area contributed by atoms with Crippen molar-refractivity contribution in [1.82, 2.24) is 20.1 Å². The Bertz CT molecular complexity index is 1090. The third-order valence-electron chi connectivity index (χ3n) is 5.49. The fourth-order valence-corrected chi connectivity index (χ4v) is 4.64. The van der Waals surface area contributed by atoms with Gasteiger partial charge in [-0.2, -0.15) is 5.10 Å². The zero-order valence-electron chi connectivity index (χ0n) is 17.6. The zero-order valence-corrected chi connectivity index (χ0v) is 18.4. The van der Waals surface area contributed by atoms with Gasteiger partial charge in [-0.05, 0) is 50.4 Å². The molecule has 11 heteroatoms. The highest BCUT2D eigenvalue weighted by atomic mass is 32.1. The van der Waals surface area contributed by atoms with Crippen molar-refractivity contribution in [2.75, 3.05) is 36.0 Å². The monoisotopic (exact) mass is 461 g/mol. The summed E-state index contributed by atoms with van der Waals surface area (Å²) in [5.41, 5.74) is 6.05. The summed E-state index contributed by atoms with van der Waals surface area (Å²) >= 11 is 0.859. The first-order valence-corrected chi connectivity index (χ1v) is 11.2. The third-order valence-corrected chi connectivity index (χ3v) is 6.39. The molecule has 8 nitrogen and oxygen atoms in total. The largest absolute Gasteiger partial charge is 0.389 e. The van der Waals surface area contributed by atoms with Crippen LogP contribution in [0.3, 0.4) is 0 Å². The number of nitrogens with two attached hydrogens (primary N) is 1. The van der Waals surface area contributed by atoms with Crippen LogP contribution < -0.4 is 21.7 Å². The van der Waals surface area contributed by atoms with Crippen LogP contribution in [-0.2, 0) is 7.05 Å². The molecule has 1 atom stereocenters. The predicted molar refractivity (Wildman–Crippen MR) is 122 cm³/mol. The summed E-state index contributed by atoms with van der Waals surface area (Å²) in [6.45, 7) is 2.80. The zero-order chi connectivity index (χ0) is 22.7. The van der Waals surface area contributed by atoms with Gasteiger partial charge >= 0.3 is 0 Å². The van der Waals surface area contributed by atoms with Crippen LogP contribution in [0, 0.1) is 17.6 Å². The van der Waals surface area contributed by atoms with Gasteiger partial charge in [0, 0.05) is 13.6 Å². The van der Waals surface area contributed by atoms with Gasteiger partial charge < -0.3 is 21.7 Å². The summed E-state index contributed by atoms with van der Waals surface area (Å²) < 4.78 is 29.9. The van der Waals surface area contributed by atoms with Crippen molar-refractivity contribution < 1.29 is 13.6 Å². The number of nitrogens with zero attached hydrogens (tertiary/aromatic N) is 3. The molecule has 3 aromatic rings. The maximum Gasteiger partial charge on any atom is 0.277 e. The number of nitrogens with one attached hydrogen (secondary N) is 3. The van der Waals surface area contributed by atoms with Gasteiger partial charge in [0.2, 0.25) is 0 Å². The van der Waals surface area contributed by atoms with E-state index < -0.39 is 17.5 Å². The molecule has 1 unspecified atom stereocenters. The molecule has 0 aliphatic carbocycles. The molecule has 2 aromatic heterocycles. The molecule has 1 aromatic carbocycles.